The van der Waals surface area contributed by atoms with Crippen LogP contribution >= 0.6 is 0 Å². The molecule has 0 saturated heterocycles. The van der Waals surface area contributed by atoms with Gasteiger partial charge in [-0.25, -0.2) is 8.78 Å². The summed E-state index contributed by atoms with van der Waals surface area (Å²) >= 11 is 0. The molecule has 0 aliphatic heterocycles. The van der Waals surface area contributed by atoms with Gasteiger partial charge in [-0.15, -0.1) is 0 Å². The topological polar surface area (TPSA) is 54.4 Å². The van der Waals surface area contributed by atoms with Crippen LogP contribution in [0.3, 0.4) is 0 Å². The monoisotopic (exact) mass is 292 g/mol. The fraction of sp³-hybridized carbons (Fsp3) is 1.00. The quantitative estimate of drug-likeness (QED) is 0.642. The molecule has 0 rings (SSSR count). The first kappa shape index (κ1) is 16.4. The molecule has 0 aromatic carbocycles. The molecule has 0 radical (unpaired) electrons. The van der Waals surface area contributed by atoms with Gasteiger partial charge in [0.25, 0.3) is 10.7 Å². The predicted octanol–water partition coefficient (Wildman–Crippen LogP) is 2.49. The third-order valence-corrected chi connectivity index (χ3v) is 3.39. The Kier molecular flexibility index (Phi) is 3.58. The summed E-state index contributed by atoms with van der Waals surface area (Å²) < 4.78 is 116. The van der Waals surface area contributed by atoms with Gasteiger partial charge >= 0.3 is 22.2 Å². The molecule has 17 heavy (non-hydrogen) atoms. The summed E-state index contributed by atoms with van der Waals surface area (Å²) in [5.74, 6) is -6.04. The van der Waals surface area contributed by atoms with Crippen LogP contribution in [0.2, 0.25) is 0 Å². The van der Waals surface area contributed by atoms with Gasteiger partial charge in [-0.3, -0.25) is 4.55 Å². The van der Waals surface area contributed by atoms with Gasteiger partial charge in [0.15, 0.2) is 0 Å². The normalized spacial score (nSPS) is 21.8. The molecule has 0 bridgehead atoms. The number of halogens is 7. The van der Waals surface area contributed by atoms with E-state index in [1.165, 1.54) is 0 Å². The van der Waals surface area contributed by atoms with E-state index in [1.54, 1.807) is 0 Å². The molecule has 2 unspecified atom stereocenters. The van der Waals surface area contributed by atoms with Crippen molar-refractivity contribution < 1.29 is 43.7 Å². The van der Waals surface area contributed by atoms with Crippen molar-refractivity contribution in [2.24, 2.45) is 0 Å². The molecular formula is C6H7F7O3S. The van der Waals surface area contributed by atoms with Gasteiger partial charge in [-0.05, 0) is 13.8 Å². The summed E-state index contributed by atoms with van der Waals surface area (Å²) in [7, 11) is -6.26. The smallest absolute Gasteiger partial charge is 0.283 e. The molecule has 1 N–H and O–H groups in total. The van der Waals surface area contributed by atoms with Gasteiger partial charge in [0, 0.05) is 0 Å². The van der Waals surface area contributed by atoms with Crippen molar-refractivity contribution in [2.75, 3.05) is 0 Å². The molecule has 104 valence electrons. The van der Waals surface area contributed by atoms with Crippen LogP contribution in [0.1, 0.15) is 13.8 Å². The Hall–Kier alpha value is -0.580. The third-order valence-electron chi connectivity index (χ3n) is 2.17. The van der Waals surface area contributed by atoms with Crippen LogP contribution in [0.25, 0.3) is 0 Å². The van der Waals surface area contributed by atoms with Crippen molar-refractivity contribution in [3.8, 4) is 0 Å². The molecule has 0 saturated carbocycles. The summed E-state index contributed by atoms with van der Waals surface area (Å²) in [4.78, 5) is 0. The molecule has 2 atom stereocenters. The molecule has 0 aromatic rings. The zero-order valence-electron chi connectivity index (χ0n) is 8.32. The second-order valence-electron chi connectivity index (χ2n) is 3.47. The summed E-state index contributed by atoms with van der Waals surface area (Å²) in [6.07, 6.45) is -6.23. The van der Waals surface area contributed by atoms with Crippen LogP contribution in [-0.2, 0) is 10.1 Å². The Morgan fingerprint density at radius 1 is 0.882 bits per heavy atom. The van der Waals surface area contributed by atoms with Crippen molar-refractivity contribution in [2.45, 2.75) is 36.6 Å². The lowest BCUT2D eigenvalue weighted by Crippen LogP contribution is -2.64. The average Bonchev–Trinajstić information content (AvgIpc) is 1.98. The lowest BCUT2D eigenvalue weighted by atomic mass is 9.95. The van der Waals surface area contributed by atoms with Crippen LogP contribution in [0.4, 0.5) is 30.7 Å². The summed E-state index contributed by atoms with van der Waals surface area (Å²) in [6.45, 7) is -1.29. The standard InChI is InChI=1S/C6H7F7O3S/c1-3(7,6(11,12)13)5(9,10)4(2,8)17(14,15)16/h1-2H3,(H,14,15,16). The molecule has 0 aliphatic rings. The van der Waals surface area contributed by atoms with E-state index < -0.39 is 46.7 Å². The summed E-state index contributed by atoms with van der Waals surface area (Å²) in [5.41, 5.74) is -5.47. The highest BCUT2D eigenvalue weighted by molar-refractivity contribution is 7.87. The van der Waals surface area contributed by atoms with Crippen molar-refractivity contribution in [3.63, 3.8) is 0 Å². The van der Waals surface area contributed by atoms with Gasteiger partial charge < -0.3 is 0 Å². The lowest BCUT2D eigenvalue weighted by molar-refractivity contribution is -0.313. The van der Waals surface area contributed by atoms with Crippen LogP contribution in [-0.4, -0.2) is 35.7 Å². The van der Waals surface area contributed by atoms with E-state index in [1.807, 2.05) is 0 Å². The van der Waals surface area contributed by atoms with Gasteiger partial charge in [0.05, 0.1) is 0 Å². The number of alkyl halides is 7. The molecule has 0 spiro atoms. The van der Waals surface area contributed by atoms with Crippen LogP contribution in [0.15, 0.2) is 0 Å². The van der Waals surface area contributed by atoms with Crippen molar-refractivity contribution in [3.05, 3.63) is 0 Å². The van der Waals surface area contributed by atoms with E-state index in [0.29, 0.717) is 0 Å². The summed E-state index contributed by atoms with van der Waals surface area (Å²) in [6, 6.07) is 0. The highest BCUT2D eigenvalue weighted by atomic mass is 32.2. The minimum absolute atomic E-state index is 0.564. The molecule has 11 heteroatoms. The first-order valence-corrected chi connectivity index (χ1v) is 5.23. The van der Waals surface area contributed by atoms with Crippen LogP contribution in [0.5, 0.6) is 0 Å². The first-order valence-electron chi connectivity index (χ1n) is 3.79. The maximum atomic E-state index is 13.1. The lowest BCUT2D eigenvalue weighted by Gasteiger charge is -2.37. The second-order valence-corrected chi connectivity index (χ2v) is 5.18. The average molecular weight is 292 g/mol. The Morgan fingerprint density at radius 2 is 1.18 bits per heavy atom. The minimum Gasteiger partial charge on any atom is -0.283 e. The third kappa shape index (κ3) is 2.21. The Labute approximate surface area is 91.4 Å². The Morgan fingerprint density at radius 3 is 1.35 bits per heavy atom. The second kappa shape index (κ2) is 3.70. The summed E-state index contributed by atoms with van der Waals surface area (Å²) in [5, 5.41) is -5.13. The highest BCUT2D eigenvalue weighted by Gasteiger charge is 2.78. The van der Waals surface area contributed by atoms with E-state index >= 15 is 0 Å². The zero-order valence-corrected chi connectivity index (χ0v) is 9.13. The zero-order chi connectivity index (χ0) is 14.5. The van der Waals surface area contributed by atoms with E-state index in [9.17, 15) is 39.2 Å². The number of rotatable bonds is 3. The maximum Gasteiger partial charge on any atom is 0.428 e. The van der Waals surface area contributed by atoms with Crippen molar-refractivity contribution in [1.29, 1.82) is 0 Å². The van der Waals surface area contributed by atoms with E-state index in [0.717, 1.165) is 0 Å². The minimum atomic E-state index is -6.26. The fourth-order valence-corrected chi connectivity index (χ4v) is 1.27. The molecule has 0 aromatic heterocycles. The predicted molar refractivity (Wildman–Crippen MR) is 41.6 cm³/mol. The van der Waals surface area contributed by atoms with E-state index in [4.69, 9.17) is 4.55 Å². The Bertz CT molecular complexity index is 394. The molecular weight excluding hydrogens is 285 g/mol. The Balaban J connectivity index is 5.91. The van der Waals surface area contributed by atoms with Crippen molar-refractivity contribution >= 4 is 10.1 Å². The van der Waals surface area contributed by atoms with Gasteiger partial charge in [-0.1, -0.05) is 0 Å². The van der Waals surface area contributed by atoms with Crippen LogP contribution in [0, 0.1) is 0 Å². The first-order chi connectivity index (χ1) is 7.00. The molecule has 0 aliphatic carbocycles. The van der Waals surface area contributed by atoms with Gasteiger partial charge in [0.2, 0.25) is 0 Å². The number of hydrogen-bond acceptors (Lipinski definition) is 2. The van der Waals surface area contributed by atoms with Gasteiger partial charge in [0.1, 0.15) is 0 Å². The van der Waals surface area contributed by atoms with Crippen molar-refractivity contribution in [1.82, 2.24) is 0 Å². The SMILES string of the molecule is CC(F)(C(F)(F)F)C(F)(F)C(C)(F)S(=O)(=O)O. The molecule has 0 heterocycles. The highest BCUT2D eigenvalue weighted by Crippen LogP contribution is 2.52. The maximum absolute atomic E-state index is 13.1. The van der Waals surface area contributed by atoms with Crippen LogP contribution < -0.4 is 0 Å². The molecule has 0 amide bonds. The fourth-order valence-electron chi connectivity index (χ4n) is 0.759. The molecule has 0 fully saturated rings. The van der Waals surface area contributed by atoms with E-state index in [2.05, 4.69) is 0 Å². The van der Waals surface area contributed by atoms with E-state index in [-0.39, 0.29) is 0 Å². The van der Waals surface area contributed by atoms with Gasteiger partial charge in [-0.2, -0.15) is 30.4 Å². The number of hydrogen-bond donors (Lipinski definition) is 1. The molecule has 3 nitrogen and oxygen atoms in total. The largest absolute Gasteiger partial charge is 0.428 e.